The van der Waals surface area contributed by atoms with Gasteiger partial charge in [-0.15, -0.1) is 10.2 Å². The van der Waals surface area contributed by atoms with Crippen molar-refractivity contribution in [2.24, 2.45) is 0 Å². The third-order valence-corrected chi connectivity index (χ3v) is 5.97. The number of hydrogen-bond donors (Lipinski definition) is 1. The van der Waals surface area contributed by atoms with Crippen molar-refractivity contribution in [3.63, 3.8) is 0 Å². The molecule has 8 heteroatoms. The highest BCUT2D eigenvalue weighted by Gasteiger charge is 2.34. The standard InChI is InChI=1S/C22H22N4O3S/c1-22(2)12-15-6-4-5-7-17(15)19-24-25-21(26(19)22)30-13-18(27)23-16-10-8-14(9-11-16)20(28)29-3/h4-11H,12-13H2,1-3H3,(H,23,27). The van der Waals surface area contributed by atoms with E-state index in [1.165, 1.54) is 24.4 Å². The molecule has 0 fully saturated rings. The lowest BCUT2D eigenvalue weighted by atomic mass is 9.87. The topological polar surface area (TPSA) is 86.1 Å². The lowest BCUT2D eigenvalue weighted by Crippen LogP contribution is -2.33. The monoisotopic (exact) mass is 422 g/mol. The number of amides is 1. The van der Waals surface area contributed by atoms with Crippen LogP contribution in [0.2, 0.25) is 0 Å². The Kier molecular flexibility index (Phi) is 5.34. The quantitative estimate of drug-likeness (QED) is 0.498. The smallest absolute Gasteiger partial charge is 0.337 e. The van der Waals surface area contributed by atoms with Gasteiger partial charge in [0.2, 0.25) is 5.91 Å². The highest BCUT2D eigenvalue weighted by molar-refractivity contribution is 7.99. The summed E-state index contributed by atoms with van der Waals surface area (Å²) in [5, 5.41) is 12.3. The van der Waals surface area contributed by atoms with E-state index in [1.54, 1.807) is 24.3 Å². The number of ether oxygens (including phenoxy) is 1. The van der Waals surface area contributed by atoms with Gasteiger partial charge >= 0.3 is 5.97 Å². The van der Waals surface area contributed by atoms with Gasteiger partial charge in [-0.1, -0.05) is 36.0 Å². The Labute approximate surface area is 178 Å². The van der Waals surface area contributed by atoms with Crippen molar-refractivity contribution in [3.8, 4) is 11.4 Å². The van der Waals surface area contributed by atoms with E-state index in [9.17, 15) is 9.59 Å². The molecular formula is C22H22N4O3S. The predicted octanol–water partition coefficient (Wildman–Crippen LogP) is 3.75. The molecule has 7 nitrogen and oxygen atoms in total. The lowest BCUT2D eigenvalue weighted by molar-refractivity contribution is -0.113. The molecule has 154 valence electrons. The van der Waals surface area contributed by atoms with Gasteiger partial charge in [-0.05, 0) is 50.1 Å². The number of aromatic nitrogens is 3. The van der Waals surface area contributed by atoms with Crippen LogP contribution in [0.4, 0.5) is 5.69 Å². The summed E-state index contributed by atoms with van der Waals surface area (Å²) in [6.45, 7) is 4.31. The molecule has 4 rings (SSSR count). The van der Waals surface area contributed by atoms with Crippen molar-refractivity contribution in [2.75, 3.05) is 18.2 Å². The molecule has 1 aliphatic heterocycles. The third kappa shape index (κ3) is 3.82. The van der Waals surface area contributed by atoms with E-state index in [1.807, 2.05) is 12.1 Å². The molecule has 30 heavy (non-hydrogen) atoms. The Balaban J connectivity index is 1.46. The van der Waals surface area contributed by atoms with Crippen molar-refractivity contribution in [1.29, 1.82) is 0 Å². The van der Waals surface area contributed by atoms with E-state index < -0.39 is 5.97 Å². The number of methoxy groups -OCH3 is 1. The lowest BCUT2D eigenvalue weighted by Gasteiger charge is -2.34. The number of nitrogens with one attached hydrogen (secondary N) is 1. The van der Waals surface area contributed by atoms with E-state index in [2.05, 4.69) is 50.8 Å². The zero-order chi connectivity index (χ0) is 21.3. The Morgan fingerprint density at radius 3 is 2.60 bits per heavy atom. The molecule has 0 saturated heterocycles. The van der Waals surface area contributed by atoms with Crippen LogP contribution in [0.25, 0.3) is 11.4 Å². The molecule has 0 aliphatic carbocycles. The Morgan fingerprint density at radius 2 is 1.87 bits per heavy atom. The second-order valence-corrected chi connectivity index (χ2v) is 8.64. The summed E-state index contributed by atoms with van der Waals surface area (Å²) < 4.78 is 6.80. The number of thioether (sulfide) groups is 1. The molecular weight excluding hydrogens is 400 g/mol. The van der Waals surface area contributed by atoms with Crippen LogP contribution in [0.5, 0.6) is 0 Å². The Morgan fingerprint density at radius 1 is 1.13 bits per heavy atom. The number of carbonyl (C=O) groups excluding carboxylic acids is 2. The number of anilines is 1. The predicted molar refractivity (Wildman–Crippen MR) is 116 cm³/mol. The van der Waals surface area contributed by atoms with Gasteiger partial charge in [0, 0.05) is 16.8 Å². The zero-order valence-corrected chi connectivity index (χ0v) is 17.8. The third-order valence-electron chi connectivity index (χ3n) is 5.04. The Hall–Kier alpha value is -3.13. The van der Waals surface area contributed by atoms with Gasteiger partial charge in [0.25, 0.3) is 0 Å². The van der Waals surface area contributed by atoms with Crippen molar-refractivity contribution in [2.45, 2.75) is 31.0 Å². The van der Waals surface area contributed by atoms with E-state index >= 15 is 0 Å². The first-order chi connectivity index (χ1) is 14.4. The van der Waals surface area contributed by atoms with Gasteiger partial charge in [0.1, 0.15) is 0 Å². The summed E-state index contributed by atoms with van der Waals surface area (Å²) in [5.74, 6) is 0.471. The van der Waals surface area contributed by atoms with E-state index in [4.69, 9.17) is 0 Å². The maximum absolute atomic E-state index is 12.4. The van der Waals surface area contributed by atoms with E-state index in [-0.39, 0.29) is 17.2 Å². The number of rotatable bonds is 5. The maximum atomic E-state index is 12.4. The van der Waals surface area contributed by atoms with Gasteiger partial charge in [0.15, 0.2) is 11.0 Å². The fraction of sp³-hybridized carbons (Fsp3) is 0.273. The molecule has 2 heterocycles. The SMILES string of the molecule is COC(=O)c1ccc(NC(=O)CSc2nnc3n2C(C)(C)Cc2ccccc2-3)cc1. The number of benzene rings is 2. The second-order valence-electron chi connectivity index (χ2n) is 7.69. The Bertz CT molecular complexity index is 1110. The zero-order valence-electron chi connectivity index (χ0n) is 17.0. The molecule has 1 aromatic heterocycles. The fourth-order valence-corrected chi connectivity index (χ4v) is 4.55. The minimum absolute atomic E-state index is 0.155. The minimum Gasteiger partial charge on any atom is -0.465 e. The van der Waals surface area contributed by atoms with E-state index in [0.29, 0.717) is 11.3 Å². The van der Waals surface area contributed by atoms with Crippen molar-refractivity contribution >= 4 is 29.3 Å². The fourth-order valence-electron chi connectivity index (χ4n) is 3.66. The molecule has 1 amide bonds. The number of esters is 1. The summed E-state index contributed by atoms with van der Waals surface area (Å²) in [5.41, 5.74) is 3.21. The second kappa shape index (κ2) is 7.95. The molecule has 0 spiro atoms. The molecule has 2 aromatic carbocycles. The van der Waals surface area contributed by atoms with Crippen LogP contribution in [0, 0.1) is 0 Å². The van der Waals surface area contributed by atoms with Crippen LogP contribution in [0.15, 0.2) is 53.7 Å². The van der Waals surface area contributed by atoms with Crippen LogP contribution < -0.4 is 5.32 Å². The molecule has 0 bridgehead atoms. The molecule has 1 N–H and O–H groups in total. The van der Waals surface area contributed by atoms with Crippen LogP contribution in [0.1, 0.15) is 29.8 Å². The van der Waals surface area contributed by atoms with Crippen LogP contribution in [-0.2, 0) is 21.5 Å². The largest absolute Gasteiger partial charge is 0.465 e. The van der Waals surface area contributed by atoms with Gasteiger partial charge in [-0.3, -0.25) is 9.36 Å². The molecule has 0 saturated carbocycles. The average molecular weight is 423 g/mol. The first kappa shape index (κ1) is 20.2. The first-order valence-corrected chi connectivity index (χ1v) is 10.5. The summed E-state index contributed by atoms with van der Waals surface area (Å²) in [6, 6.07) is 14.8. The molecule has 3 aromatic rings. The van der Waals surface area contributed by atoms with Gasteiger partial charge < -0.3 is 10.1 Å². The van der Waals surface area contributed by atoms with Gasteiger partial charge in [0.05, 0.1) is 18.4 Å². The van der Waals surface area contributed by atoms with Crippen LogP contribution in [0.3, 0.4) is 0 Å². The molecule has 0 atom stereocenters. The van der Waals surface area contributed by atoms with Gasteiger partial charge in [-0.25, -0.2) is 4.79 Å². The summed E-state index contributed by atoms with van der Waals surface area (Å²) >= 11 is 1.36. The average Bonchev–Trinajstić information content (AvgIpc) is 3.18. The van der Waals surface area contributed by atoms with Crippen molar-refractivity contribution < 1.29 is 14.3 Å². The number of fused-ring (bicyclic) bond motifs is 3. The first-order valence-electron chi connectivity index (χ1n) is 9.54. The minimum atomic E-state index is -0.413. The van der Waals surface area contributed by atoms with Crippen LogP contribution >= 0.6 is 11.8 Å². The number of carbonyl (C=O) groups is 2. The van der Waals surface area contributed by atoms with Crippen LogP contribution in [-0.4, -0.2) is 39.5 Å². The van der Waals surface area contributed by atoms with Crippen molar-refractivity contribution in [3.05, 3.63) is 59.7 Å². The highest BCUT2D eigenvalue weighted by Crippen LogP contribution is 2.39. The molecule has 0 unspecified atom stereocenters. The highest BCUT2D eigenvalue weighted by atomic mass is 32.2. The maximum Gasteiger partial charge on any atom is 0.337 e. The summed E-state index contributed by atoms with van der Waals surface area (Å²) in [6.07, 6.45) is 0.876. The normalized spacial score (nSPS) is 13.8. The van der Waals surface area contributed by atoms with E-state index in [0.717, 1.165) is 23.0 Å². The van der Waals surface area contributed by atoms with Crippen molar-refractivity contribution in [1.82, 2.24) is 14.8 Å². The molecule has 0 radical (unpaired) electrons. The summed E-state index contributed by atoms with van der Waals surface area (Å²) in [7, 11) is 1.33. The number of hydrogen-bond acceptors (Lipinski definition) is 6. The van der Waals surface area contributed by atoms with Gasteiger partial charge in [-0.2, -0.15) is 0 Å². The summed E-state index contributed by atoms with van der Waals surface area (Å²) in [4.78, 5) is 23.9. The molecule has 1 aliphatic rings. The number of nitrogens with zero attached hydrogens (tertiary/aromatic N) is 3.